The maximum atomic E-state index is 5.77. The normalized spacial score (nSPS) is 11.4. The minimum absolute atomic E-state index is 0.602. The number of aryl methyl sites for hydroxylation is 2. The van der Waals surface area contributed by atoms with Gasteiger partial charge in [0.15, 0.2) is 0 Å². The molecule has 2 nitrogen and oxygen atoms in total. The monoisotopic (exact) mass is 298 g/mol. The summed E-state index contributed by atoms with van der Waals surface area (Å²) in [5.41, 5.74) is 11.0. The molecule has 2 aromatic heterocycles. The van der Waals surface area contributed by atoms with Crippen molar-refractivity contribution in [3.8, 4) is 0 Å². The number of aromatic nitrogens is 1. The molecule has 0 saturated carbocycles. The van der Waals surface area contributed by atoms with Gasteiger partial charge in [-0.15, -0.1) is 11.3 Å². The summed E-state index contributed by atoms with van der Waals surface area (Å²) < 4.78 is 2.43. The van der Waals surface area contributed by atoms with Crippen LogP contribution < -0.4 is 5.73 Å². The topological polar surface area (TPSA) is 30.9 Å². The lowest BCUT2D eigenvalue weighted by atomic mass is 10.1. The molecule has 0 bridgehead atoms. The summed E-state index contributed by atoms with van der Waals surface area (Å²) in [6.45, 7) is 8.20. The van der Waals surface area contributed by atoms with Crippen molar-refractivity contribution in [1.29, 1.82) is 0 Å². The van der Waals surface area contributed by atoms with Gasteiger partial charge < -0.3 is 10.3 Å². The summed E-state index contributed by atoms with van der Waals surface area (Å²) in [5, 5.41) is 1.34. The Bertz CT molecular complexity index is 780. The average Bonchev–Trinajstić information content (AvgIpc) is 3.06. The lowest BCUT2D eigenvalue weighted by Gasteiger charge is -2.07. The van der Waals surface area contributed by atoms with Gasteiger partial charge in [0.05, 0.1) is 6.54 Å². The van der Waals surface area contributed by atoms with Gasteiger partial charge in [0.1, 0.15) is 0 Å². The molecular weight excluding hydrogens is 276 g/mol. The van der Waals surface area contributed by atoms with Gasteiger partial charge in [0, 0.05) is 32.9 Å². The van der Waals surface area contributed by atoms with E-state index in [2.05, 4.69) is 55.7 Å². The Kier molecular flexibility index (Phi) is 3.87. The van der Waals surface area contributed by atoms with E-state index in [0.29, 0.717) is 6.54 Å². The Labute approximate surface area is 130 Å². The number of nitrogens with two attached hydrogens (primary N) is 1. The van der Waals surface area contributed by atoms with Crippen molar-refractivity contribution in [2.75, 3.05) is 0 Å². The Morgan fingerprint density at radius 2 is 1.86 bits per heavy atom. The van der Waals surface area contributed by atoms with Crippen molar-refractivity contribution in [3.63, 3.8) is 0 Å². The first-order chi connectivity index (χ1) is 10.1. The van der Waals surface area contributed by atoms with E-state index in [1.165, 1.54) is 37.5 Å². The fourth-order valence-corrected chi connectivity index (χ4v) is 3.83. The second-order valence-electron chi connectivity index (χ2n) is 5.57. The summed E-state index contributed by atoms with van der Waals surface area (Å²) >= 11 is 1.92. The third-order valence-electron chi connectivity index (χ3n) is 4.32. The first-order valence-corrected chi connectivity index (χ1v) is 8.31. The molecule has 0 amide bonds. The van der Waals surface area contributed by atoms with Crippen molar-refractivity contribution in [2.45, 2.75) is 40.3 Å². The van der Waals surface area contributed by atoms with E-state index < -0.39 is 0 Å². The van der Waals surface area contributed by atoms with Crippen LogP contribution in [0.15, 0.2) is 30.3 Å². The van der Waals surface area contributed by atoms with Gasteiger partial charge in [-0.3, -0.25) is 0 Å². The Morgan fingerprint density at radius 3 is 2.52 bits per heavy atom. The quantitative estimate of drug-likeness (QED) is 0.761. The third kappa shape index (κ3) is 2.52. The Balaban J connectivity index is 2.07. The average molecular weight is 298 g/mol. The fourth-order valence-electron chi connectivity index (χ4n) is 2.88. The summed E-state index contributed by atoms with van der Waals surface area (Å²) in [7, 11) is 0. The van der Waals surface area contributed by atoms with Crippen LogP contribution in [0.3, 0.4) is 0 Å². The maximum Gasteiger partial charge on any atom is 0.0572 e. The van der Waals surface area contributed by atoms with E-state index in [1.807, 2.05) is 11.3 Å². The minimum atomic E-state index is 0.602. The number of thiophene rings is 1. The first kappa shape index (κ1) is 14.4. The van der Waals surface area contributed by atoms with Crippen molar-refractivity contribution in [1.82, 2.24) is 4.57 Å². The summed E-state index contributed by atoms with van der Waals surface area (Å²) in [4.78, 5) is 2.89. The van der Waals surface area contributed by atoms with Crippen LogP contribution in [0.5, 0.6) is 0 Å². The van der Waals surface area contributed by atoms with Gasteiger partial charge in [-0.05, 0) is 55.7 Å². The highest BCUT2D eigenvalue weighted by Crippen LogP contribution is 2.28. The highest BCUT2D eigenvalue weighted by molar-refractivity contribution is 7.11. The zero-order valence-corrected chi connectivity index (χ0v) is 13.8. The molecule has 0 fully saturated rings. The molecule has 1 aromatic carbocycles. The molecule has 0 saturated heterocycles. The molecule has 3 aromatic rings. The molecule has 2 N–H and O–H groups in total. The second-order valence-corrected chi connectivity index (χ2v) is 6.83. The number of hydrogen-bond acceptors (Lipinski definition) is 2. The number of nitrogens with zero attached hydrogens (tertiary/aromatic N) is 1. The molecule has 21 heavy (non-hydrogen) atoms. The standard InChI is InChI=1S/C18H22N2S/c1-4-15-6-7-16(21-15)11-20-13(3)12(2)17-9-14(10-19)5-8-18(17)20/h5-9H,4,10-11,19H2,1-3H3. The third-order valence-corrected chi connectivity index (χ3v) is 5.53. The Morgan fingerprint density at radius 1 is 1.10 bits per heavy atom. The molecule has 0 aliphatic heterocycles. The van der Waals surface area contributed by atoms with Gasteiger partial charge in [0.2, 0.25) is 0 Å². The highest BCUT2D eigenvalue weighted by Gasteiger charge is 2.12. The van der Waals surface area contributed by atoms with Gasteiger partial charge in [-0.25, -0.2) is 0 Å². The number of benzene rings is 1. The molecule has 0 radical (unpaired) electrons. The Hall–Kier alpha value is -1.58. The lowest BCUT2D eigenvalue weighted by molar-refractivity contribution is 0.813. The van der Waals surface area contributed by atoms with E-state index >= 15 is 0 Å². The summed E-state index contributed by atoms with van der Waals surface area (Å²) in [5.74, 6) is 0. The van der Waals surface area contributed by atoms with Crippen molar-refractivity contribution in [3.05, 3.63) is 56.9 Å². The van der Waals surface area contributed by atoms with Gasteiger partial charge in [0.25, 0.3) is 0 Å². The molecule has 2 heterocycles. The minimum Gasteiger partial charge on any atom is -0.339 e. The van der Waals surface area contributed by atoms with Crippen LogP contribution in [-0.2, 0) is 19.5 Å². The lowest BCUT2D eigenvalue weighted by Crippen LogP contribution is -2.00. The van der Waals surface area contributed by atoms with Crippen molar-refractivity contribution in [2.24, 2.45) is 5.73 Å². The predicted octanol–water partition coefficient (Wildman–Crippen LogP) is 4.39. The highest BCUT2D eigenvalue weighted by atomic mass is 32.1. The molecule has 0 atom stereocenters. The van der Waals surface area contributed by atoms with E-state index in [0.717, 1.165) is 13.0 Å². The number of hydrogen-bond donors (Lipinski definition) is 1. The van der Waals surface area contributed by atoms with E-state index in [1.54, 1.807) is 0 Å². The zero-order chi connectivity index (χ0) is 15.0. The van der Waals surface area contributed by atoms with Crippen LogP contribution in [0, 0.1) is 13.8 Å². The molecule has 0 aliphatic rings. The van der Waals surface area contributed by atoms with Gasteiger partial charge in [-0.2, -0.15) is 0 Å². The molecule has 3 heteroatoms. The van der Waals surface area contributed by atoms with Gasteiger partial charge in [-0.1, -0.05) is 13.0 Å². The maximum absolute atomic E-state index is 5.77. The predicted molar refractivity (Wildman–Crippen MR) is 92.1 cm³/mol. The van der Waals surface area contributed by atoms with E-state index in [-0.39, 0.29) is 0 Å². The molecule has 110 valence electrons. The summed E-state index contributed by atoms with van der Waals surface area (Å²) in [6, 6.07) is 11.1. The van der Waals surface area contributed by atoms with Crippen LogP contribution in [0.25, 0.3) is 10.9 Å². The second kappa shape index (κ2) is 5.66. The smallest absolute Gasteiger partial charge is 0.0572 e. The largest absolute Gasteiger partial charge is 0.339 e. The van der Waals surface area contributed by atoms with Crippen LogP contribution >= 0.6 is 11.3 Å². The summed E-state index contributed by atoms with van der Waals surface area (Å²) in [6.07, 6.45) is 1.12. The fraction of sp³-hybridized carbons (Fsp3) is 0.333. The molecule has 0 aliphatic carbocycles. The van der Waals surface area contributed by atoms with Crippen LogP contribution in [-0.4, -0.2) is 4.57 Å². The van der Waals surface area contributed by atoms with Crippen molar-refractivity contribution >= 4 is 22.2 Å². The van der Waals surface area contributed by atoms with Crippen LogP contribution in [0.4, 0.5) is 0 Å². The molecule has 0 unspecified atom stereocenters. The molecule has 3 rings (SSSR count). The SMILES string of the molecule is CCc1ccc(Cn2c(C)c(C)c3cc(CN)ccc32)s1. The number of rotatable bonds is 4. The van der Waals surface area contributed by atoms with Crippen molar-refractivity contribution < 1.29 is 0 Å². The van der Waals surface area contributed by atoms with Crippen LogP contribution in [0.2, 0.25) is 0 Å². The van der Waals surface area contributed by atoms with E-state index in [9.17, 15) is 0 Å². The van der Waals surface area contributed by atoms with E-state index in [4.69, 9.17) is 5.73 Å². The molecule has 0 spiro atoms. The zero-order valence-electron chi connectivity index (χ0n) is 12.9. The molecular formula is C18H22N2S. The number of fused-ring (bicyclic) bond motifs is 1. The first-order valence-electron chi connectivity index (χ1n) is 7.50. The van der Waals surface area contributed by atoms with Gasteiger partial charge >= 0.3 is 0 Å². The van der Waals surface area contributed by atoms with Crippen LogP contribution in [0.1, 0.15) is 33.5 Å².